The summed E-state index contributed by atoms with van der Waals surface area (Å²) in [5.41, 5.74) is 0. The highest BCUT2D eigenvalue weighted by molar-refractivity contribution is 7.89. The molecule has 2 aliphatic heterocycles. The van der Waals surface area contributed by atoms with E-state index in [9.17, 15) is 13.2 Å². The van der Waals surface area contributed by atoms with Crippen LogP contribution >= 0.6 is 11.3 Å². The average Bonchev–Trinajstić information content (AvgIpc) is 3.21. The number of nitrogens with one attached hydrogen (secondary N) is 2. The Balaban J connectivity index is 1.78. The Bertz CT molecular complexity index is 665. The van der Waals surface area contributed by atoms with Crippen molar-refractivity contribution in [3.05, 3.63) is 16.3 Å². The van der Waals surface area contributed by atoms with Crippen molar-refractivity contribution in [2.24, 2.45) is 5.92 Å². The van der Waals surface area contributed by atoms with Gasteiger partial charge in [0.15, 0.2) is 0 Å². The zero-order valence-corrected chi connectivity index (χ0v) is 14.9. The second kappa shape index (κ2) is 6.88. The summed E-state index contributed by atoms with van der Waals surface area (Å²) < 4.78 is 26.9. The first-order valence-electron chi connectivity index (χ1n) is 8.09. The minimum absolute atomic E-state index is 0.0423. The Hall–Kier alpha value is -0.960. The molecule has 3 rings (SSSR count). The highest BCUT2D eigenvalue weighted by Gasteiger charge is 2.33. The van der Waals surface area contributed by atoms with Gasteiger partial charge in [0.2, 0.25) is 10.0 Å². The summed E-state index contributed by atoms with van der Waals surface area (Å²) in [6.45, 7) is 4.89. The predicted molar refractivity (Wildman–Crippen MR) is 90.2 cm³/mol. The largest absolute Gasteiger partial charge is 0.347 e. The second-order valence-corrected chi connectivity index (χ2v) is 9.10. The highest BCUT2D eigenvalue weighted by Crippen LogP contribution is 2.28. The molecule has 8 heteroatoms. The van der Waals surface area contributed by atoms with E-state index in [-0.39, 0.29) is 16.8 Å². The normalized spacial score (nSPS) is 26.3. The Morgan fingerprint density at radius 1 is 1.39 bits per heavy atom. The number of sulfonamides is 1. The summed E-state index contributed by atoms with van der Waals surface area (Å²) in [6, 6.07) is 1.59. The lowest BCUT2D eigenvalue weighted by Crippen LogP contribution is -2.50. The molecular weight excluding hydrogens is 334 g/mol. The van der Waals surface area contributed by atoms with Crippen molar-refractivity contribution in [2.75, 3.05) is 26.2 Å². The van der Waals surface area contributed by atoms with Crippen molar-refractivity contribution in [3.8, 4) is 0 Å². The van der Waals surface area contributed by atoms with Crippen LogP contribution in [0.4, 0.5) is 0 Å². The Labute approximate surface area is 141 Å². The minimum Gasteiger partial charge on any atom is -0.347 e. The Kier molecular flexibility index (Phi) is 5.05. The fraction of sp³-hybridized carbons (Fsp3) is 0.667. The average molecular weight is 358 g/mol. The molecule has 2 aliphatic rings. The molecule has 2 N–H and O–H groups in total. The van der Waals surface area contributed by atoms with E-state index in [2.05, 4.69) is 17.6 Å². The zero-order chi connectivity index (χ0) is 16.4. The Morgan fingerprint density at radius 3 is 2.83 bits per heavy atom. The third-order valence-corrected chi connectivity index (χ3v) is 7.65. The molecule has 1 aromatic rings. The molecule has 3 heterocycles. The van der Waals surface area contributed by atoms with Crippen molar-refractivity contribution < 1.29 is 13.2 Å². The molecule has 128 valence electrons. The molecule has 2 atom stereocenters. The van der Waals surface area contributed by atoms with Crippen LogP contribution in [-0.2, 0) is 10.0 Å². The van der Waals surface area contributed by atoms with Gasteiger partial charge in [0.1, 0.15) is 9.77 Å². The van der Waals surface area contributed by atoms with E-state index < -0.39 is 10.0 Å². The lowest BCUT2D eigenvalue weighted by atomic mass is 9.95. The second-order valence-electron chi connectivity index (χ2n) is 6.28. The van der Waals surface area contributed by atoms with Crippen LogP contribution in [0.25, 0.3) is 0 Å². The standard InChI is InChI=1S/C15H23N3O3S2/c1-11-4-6-16-10-12(11)17-15(19)14-13(5-9-22-14)23(20,21)18-7-2-3-8-18/h5,9,11-12,16H,2-4,6-8,10H2,1H3,(H,17,19). The van der Waals surface area contributed by atoms with E-state index in [0.717, 1.165) is 32.4 Å². The number of thiophene rings is 1. The molecule has 23 heavy (non-hydrogen) atoms. The van der Waals surface area contributed by atoms with Gasteiger partial charge in [-0.1, -0.05) is 6.92 Å². The maximum absolute atomic E-state index is 12.7. The topological polar surface area (TPSA) is 78.5 Å². The number of carbonyl (C=O) groups is 1. The molecule has 2 fully saturated rings. The molecule has 0 radical (unpaired) electrons. The summed E-state index contributed by atoms with van der Waals surface area (Å²) in [4.78, 5) is 13.0. The lowest BCUT2D eigenvalue weighted by Gasteiger charge is -2.30. The molecule has 6 nitrogen and oxygen atoms in total. The maximum Gasteiger partial charge on any atom is 0.263 e. The van der Waals surface area contributed by atoms with E-state index in [1.165, 1.54) is 15.6 Å². The number of amides is 1. The van der Waals surface area contributed by atoms with E-state index in [1.54, 1.807) is 11.4 Å². The van der Waals surface area contributed by atoms with Crippen LogP contribution in [0.15, 0.2) is 16.3 Å². The van der Waals surface area contributed by atoms with Gasteiger partial charge in [0.05, 0.1) is 0 Å². The lowest BCUT2D eigenvalue weighted by molar-refractivity contribution is 0.0916. The number of hydrogen-bond acceptors (Lipinski definition) is 5. The maximum atomic E-state index is 12.7. The number of rotatable bonds is 4. The summed E-state index contributed by atoms with van der Waals surface area (Å²) in [6.07, 6.45) is 2.78. The smallest absolute Gasteiger partial charge is 0.263 e. The van der Waals surface area contributed by atoms with Crippen LogP contribution in [0, 0.1) is 5.92 Å². The molecule has 0 spiro atoms. The quantitative estimate of drug-likeness (QED) is 0.850. The van der Waals surface area contributed by atoms with Gasteiger partial charge in [0, 0.05) is 25.7 Å². The fourth-order valence-corrected chi connectivity index (χ4v) is 5.97. The van der Waals surface area contributed by atoms with Gasteiger partial charge in [-0.2, -0.15) is 4.31 Å². The number of piperidine rings is 1. The van der Waals surface area contributed by atoms with Crippen molar-refractivity contribution in [2.45, 2.75) is 37.1 Å². The van der Waals surface area contributed by atoms with Gasteiger partial charge in [-0.25, -0.2) is 8.42 Å². The number of hydrogen-bond donors (Lipinski definition) is 2. The van der Waals surface area contributed by atoms with E-state index in [0.29, 0.717) is 23.9 Å². The predicted octanol–water partition coefficient (Wildman–Crippen LogP) is 1.26. The zero-order valence-electron chi connectivity index (χ0n) is 13.2. The van der Waals surface area contributed by atoms with Crippen molar-refractivity contribution in [1.82, 2.24) is 14.9 Å². The molecular formula is C15H23N3O3S2. The van der Waals surface area contributed by atoms with Gasteiger partial charge in [0.25, 0.3) is 5.91 Å². The summed E-state index contributed by atoms with van der Waals surface area (Å²) in [5.74, 6) is 0.108. The molecule has 0 bridgehead atoms. The molecule has 1 aromatic heterocycles. The molecule has 0 aromatic carbocycles. The van der Waals surface area contributed by atoms with Gasteiger partial charge < -0.3 is 10.6 Å². The first kappa shape index (κ1) is 16.9. The van der Waals surface area contributed by atoms with Crippen molar-refractivity contribution in [1.29, 1.82) is 0 Å². The van der Waals surface area contributed by atoms with Gasteiger partial charge in [-0.3, -0.25) is 4.79 Å². The van der Waals surface area contributed by atoms with Crippen LogP contribution in [0.3, 0.4) is 0 Å². The van der Waals surface area contributed by atoms with Crippen LogP contribution in [0.1, 0.15) is 35.9 Å². The molecule has 2 unspecified atom stereocenters. The van der Waals surface area contributed by atoms with E-state index in [1.807, 2.05) is 0 Å². The summed E-state index contributed by atoms with van der Waals surface area (Å²) in [5, 5.41) is 7.95. The summed E-state index contributed by atoms with van der Waals surface area (Å²) >= 11 is 1.19. The summed E-state index contributed by atoms with van der Waals surface area (Å²) in [7, 11) is -3.56. The van der Waals surface area contributed by atoms with E-state index >= 15 is 0 Å². The number of nitrogens with zero attached hydrogens (tertiary/aromatic N) is 1. The van der Waals surface area contributed by atoms with Crippen molar-refractivity contribution in [3.63, 3.8) is 0 Å². The molecule has 1 amide bonds. The molecule has 2 saturated heterocycles. The van der Waals surface area contributed by atoms with E-state index in [4.69, 9.17) is 0 Å². The first-order chi connectivity index (χ1) is 11.0. The molecule has 0 aliphatic carbocycles. The third kappa shape index (κ3) is 3.45. The van der Waals surface area contributed by atoms with Crippen molar-refractivity contribution >= 4 is 27.3 Å². The highest BCUT2D eigenvalue weighted by atomic mass is 32.2. The van der Waals surface area contributed by atoms with Crippen LogP contribution < -0.4 is 10.6 Å². The van der Waals surface area contributed by atoms with Gasteiger partial charge in [-0.15, -0.1) is 11.3 Å². The van der Waals surface area contributed by atoms with Gasteiger partial charge in [-0.05, 0) is 43.2 Å². The van der Waals surface area contributed by atoms with Crippen LogP contribution in [-0.4, -0.2) is 50.9 Å². The molecule has 0 saturated carbocycles. The van der Waals surface area contributed by atoms with Crippen LogP contribution in [0.5, 0.6) is 0 Å². The minimum atomic E-state index is -3.56. The van der Waals surface area contributed by atoms with Gasteiger partial charge >= 0.3 is 0 Å². The third-order valence-electron chi connectivity index (χ3n) is 4.66. The SMILES string of the molecule is CC1CCNCC1NC(=O)c1sccc1S(=O)(=O)N1CCCC1. The first-order valence-corrected chi connectivity index (χ1v) is 10.4. The fourth-order valence-electron chi connectivity index (χ4n) is 3.15. The number of carbonyl (C=O) groups excluding carboxylic acids is 1. The van der Waals surface area contributed by atoms with Crippen LogP contribution in [0.2, 0.25) is 0 Å². The monoisotopic (exact) mass is 357 g/mol. The Morgan fingerprint density at radius 2 is 2.13 bits per heavy atom.